The van der Waals surface area contributed by atoms with Crippen molar-refractivity contribution in [2.45, 2.75) is 38.9 Å². The fraction of sp³-hybridized carbons (Fsp3) is 0.231. The average Bonchev–Trinajstić information content (AvgIpc) is 2.82. The van der Waals surface area contributed by atoms with Crippen molar-refractivity contribution in [2.24, 2.45) is 0 Å². The maximum absolute atomic E-state index is 13.4. The third-order valence-corrected chi connectivity index (χ3v) is 5.62. The van der Waals surface area contributed by atoms with Crippen molar-refractivity contribution in [3.63, 3.8) is 0 Å². The summed E-state index contributed by atoms with van der Waals surface area (Å²) in [6, 6.07) is 22.1. The molecular formula is C26H26ClFN2O2. The van der Waals surface area contributed by atoms with Gasteiger partial charge in [0, 0.05) is 31.0 Å². The monoisotopic (exact) mass is 452 g/mol. The van der Waals surface area contributed by atoms with Crippen LogP contribution in [-0.2, 0) is 29.1 Å². The Hall–Kier alpha value is -3.18. The molecule has 32 heavy (non-hydrogen) atoms. The van der Waals surface area contributed by atoms with Gasteiger partial charge in [0.1, 0.15) is 11.9 Å². The van der Waals surface area contributed by atoms with Crippen LogP contribution in [0, 0.1) is 5.82 Å². The second-order valence-corrected chi connectivity index (χ2v) is 7.92. The molecule has 0 saturated heterocycles. The minimum atomic E-state index is -0.725. The van der Waals surface area contributed by atoms with E-state index in [0.717, 1.165) is 16.7 Å². The molecule has 0 aromatic heterocycles. The zero-order chi connectivity index (χ0) is 22.9. The number of rotatable bonds is 9. The van der Waals surface area contributed by atoms with E-state index in [1.54, 1.807) is 30.0 Å². The first-order valence-corrected chi connectivity index (χ1v) is 10.9. The Morgan fingerprint density at radius 3 is 2.25 bits per heavy atom. The van der Waals surface area contributed by atoms with Crippen LogP contribution in [0.1, 0.15) is 30.0 Å². The van der Waals surface area contributed by atoms with Crippen LogP contribution < -0.4 is 5.32 Å². The number of carbonyl (C=O) groups excluding carboxylic acids is 2. The molecule has 0 aliphatic heterocycles. The highest BCUT2D eigenvalue weighted by Crippen LogP contribution is 2.18. The summed E-state index contributed by atoms with van der Waals surface area (Å²) in [6.07, 6.45) is 0.617. The number of halogens is 2. The number of nitrogens with zero attached hydrogens (tertiary/aromatic N) is 1. The third kappa shape index (κ3) is 6.41. The summed E-state index contributed by atoms with van der Waals surface area (Å²) in [5.74, 6) is -0.763. The average molecular weight is 453 g/mol. The molecule has 0 radical (unpaired) electrons. The molecule has 0 bridgehead atoms. The molecule has 0 fully saturated rings. The van der Waals surface area contributed by atoms with Crippen molar-refractivity contribution in [3.8, 4) is 0 Å². The summed E-state index contributed by atoms with van der Waals surface area (Å²) in [5.41, 5.74) is 2.50. The van der Waals surface area contributed by atoms with Gasteiger partial charge in [0.25, 0.3) is 0 Å². The summed E-state index contributed by atoms with van der Waals surface area (Å²) < 4.78 is 13.4. The van der Waals surface area contributed by atoms with Crippen LogP contribution in [0.5, 0.6) is 0 Å². The second kappa shape index (κ2) is 11.4. The molecule has 2 amide bonds. The minimum Gasteiger partial charge on any atom is -0.350 e. The van der Waals surface area contributed by atoms with Gasteiger partial charge in [-0.15, -0.1) is 0 Å². The highest BCUT2D eigenvalue weighted by Gasteiger charge is 2.29. The Morgan fingerprint density at radius 2 is 1.59 bits per heavy atom. The molecule has 0 unspecified atom stereocenters. The Morgan fingerprint density at radius 1 is 0.938 bits per heavy atom. The van der Waals surface area contributed by atoms with Crippen LogP contribution >= 0.6 is 11.6 Å². The van der Waals surface area contributed by atoms with Crippen molar-refractivity contribution in [2.75, 3.05) is 0 Å². The Balaban J connectivity index is 1.87. The molecule has 0 heterocycles. The Labute approximate surface area is 193 Å². The van der Waals surface area contributed by atoms with Gasteiger partial charge in [-0.25, -0.2) is 4.39 Å². The first-order chi connectivity index (χ1) is 15.5. The highest BCUT2D eigenvalue weighted by atomic mass is 35.5. The first-order valence-electron chi connectivity index (χ1n) is 10.6. The summed E-state index contributed by atoms with van der Waals surface area (Å²) in [6.45, 7) is 2.24. The minimum absolute atomic E-state index is 0.150. The maximum Gasteiger partial charge on any atom is 0.243 e. The molecular weight excluding hydrogens is 427 g/mol. The van der Waals surface area contributed by atoms with E-state index >= 15 is 0 Å². The highest BCUT2D eigenvalue weighted by molar-refractivity contribution is 6.31. The van der Waals surface area contributed by atoms with Gasteiger partial charge < -0.3 is 10.2 Å². The standard InChI is InChI=1S/C26H26ClFN2O2/c1-2-25(31)30(18-20-12-14-22(28)15-13-20)24(16-19-8-4-3-5-9-19)26(32)29-17-21-10-6-7-11-23(21)27/h3-15,24H,2,16-18H2,1H3,(H,29,32)/t24-/m1/s1. The van der Waals surface area contributed by atoms with Crippen molar-refractivity contribution in [1.82, 2.24) is 10.2 Å². The van der Waals surface area contributed by atoms with Gasteiger partial charge in [-0.2, -0.15) is 0 Å². The summed E-state index contributed by atoms with van der Waals surface area (Å²) in [7, 11) is 0. The number of hydrogen-bond donors (Lipinski definition) is 1. The molecule has 0 saturated carbocycles. The van der Waals surface area contributed by atoms with E-state index in [0.29, 0.717) is 11.4 Å². The number of benzene rings is 3. The molecule has 3 rings (SSSR count). The zero-order valence-corrected chi connectivity index (χ0v) is 18.7. The molecule has 0 aliphatic carbocycles. The van der Waals surface area contributed by atoms with Crippen LogP contribution in [0.15, 0.2) is 78.9 Å². The topological polar surface area (TPSA) is 49.4 Å². The SMILES string of the molecule is CCC(=O)N(Cc1ccc(F)cc1)[C@H](Cc1ccccc1)C(=O)NCc1ccccc1Cl. The normalized spacial score (nSPS) is 11.6. The Bertz CT molecular complexity index is 1040. The molecule has 3 aromatic carbocycles. The van der Waals surface area contributed by atoms with Crippen LogP contribution in [0.4, 0.5) is 4.39 Å². The van der Waals surface area contributed by atoms with Gasteiger partial charge >= 0.3 is 0 Å². The summed E-state index contributed by atoms with van der Waals surface area (Å²) >= 11 is 6.23. The third-order valence-electron chi connectivity index (χ3n) is 5.25. The van der Waals surface area contributed by atoms with Gasteiger partial charge in [-0.05, 0) is 34.9 Å². The molecule has 166 valence electrons. The van der Waals surface area contributed by atoms with E-state index in [4.69, 9.17) is 11.6 Å². The number of hydrogen-bond acceptors (Lipinski definition) is 2. The molecule has 1 N–H and O–H groups in total. The quantitative estimate of drug-likeness (QED) is 0.488. The van der Waals surface area contributed by atoms with E-state index in [1.165, 1.54) is 12.1 Å². The van der Waals surface area contributed by atoms with E-state index in [-0.39, 0.29) is 37.1 Å². The number of carbonyl (C=O) groups is 2. The van der Waals surface area contributed by atoms with Gasteiger partial charge in [-0.3, -0.25) is 9.59 Å². The van der Waals surface area contributed by atoms with Crippen LogP contribution in [0.25, 0.3) is 0 Å². The van der Waals surface area contributed by atoms with E-state index in [9.17, 15) is 14.0 Å². The molecule has 3 aromatic rings. The predicted molar refractivity (Wildman–Crippen MR) is 124 cm³/mol. The molecule has 4 nitrogen and oxygen atoms in total. The second-order valence-electron chi connectivity index (χ2n) is 7.52. The zero-order valence-electron chi connectivity index (χ0n) is 17.9. The number of amides is 2. The van der Waals surface area contributed by atoms with Gasteiger partial charge in [0.15, 0.2) is 0 Å². The lowest BCUT2D eigenvalue weighted by molar-refractivity contribution is -0.141. The molecule has 0 spiro atoms. The first kappa shape index (κ1) is 23.5. The van der Waals surface area contributed by atoms with Gasteiger partial charge in [0.05, 0.1) is 0 Å². The van der Waals surface area contributed by atoms with Crippen molar-refractivity contribution >= 4 is 23.4 Å². The lowest BCUT2D eigenvalue weighted by atomic mass is 10.0. The van der Waals surface area contributed by atoms with E-state index in [1.807, 2.05) is 48.5 Å². The van der Waals surface area contributed by atoms with E-state index in [2.05, 4.69) is 5.32 Å². The van der Waals surface area contributed by atoms with Crippen LogP contribution in [0.3, 0.4) is 0 Å². The number of nitrogens with one attached hydrogen (secondary N) is 1. The van der Waals surface area contributed by atoms with Gasteiger partial charge in [-0.1, -0.05) is 79.2 Å². The molecule has 1 atom stereocenters. The molecule has 0 aliphatic rings. The van der Waals surface area contributed by atoms with Crippen molar-refractivity contribution < 1.29 is 14.0 Å². The van der Waals surface area contributed by atoms with Crippen LogP contribution in [0.2, 0.25) is 5.02 Å². The summed E-state index contributed by atoms with van der Waals surface area (Å²) in [4.78, 5) is 27.8. The largest absolute Gasteiger partial charge is 0.350 e. The van der Waals surface area contributed by atoms with Crippen molar-refractivity contribution in [3.05, 3.63) is 106 Å². The lowest BCUT2D eigenvalue weighted by Crippen LogP contribution is -2.50. The van der Waals surface area contributed by atoms with Crippen molar-refractivity contribution in [1.29, 1.82) is 0 Å². The van der Waals surface area contributed by atoms with Gasteiger partial charge in [0.2, 0.25) is 11.8 Å². The fourth-order valence-corrected chi connectivity index (χ4v) is 3.69. The lowest BCUT2D eigenvalue weighted by Gasteiger charge is -2.31. The smallest absolute Gasteiger partial charge is 0.243 e. The predicted octanol–water partition coefficient (Wildman–Crippen LogP) is 5.15. The Kier molecular flexibility index (Phi) is 8.40. The fourth-order valence-electron chi connectivity index (χ4n) is 3.49. The molecule has 6 heteroatoms. The van der Waals surface area contributed by atoms with Crippen LogP contribution in [-0.4, -0.2) is 22.8 Å². The van der Waals surface area contributed by atoms with E-state index < -0.39 is 6.04 Å². The maximum atomic E-state index is 13.4. The summed E-state index contributed by atoms with van der Waals surface area (Å²) in [5, 5.41) is 3.51.